The van der Waals surface area contributed by atoms with Crippen LogP contribution >= 0.6 is 0 Å². The van der Waals surface area contributed by atoms with Gasteiger partial charge in [0.1, 0.15) is 22.3 Å². The summed E-state index contributed by atoms with van der Waals surface area (Å²) < 4.78 is 60.0. The van der Waals surface area contributed by atoms with E-state index in [0.29, 0.717) is 18.7 Å². The third kappa shape index (κ3) is 3.51. The molecule has 5 nitrogen and oxygen atoms in total. The van der Waals surface area contributed by atoms with Crippen molar-refractivity contribution in [2.24, 2.45) is 0 Å². The number of rotatable bonds is 4. The zero-order valence-electron chi connectivity index (χ0n) is 13.6. The molecule has 25 heavy (non-hydrogen) atoms. The lowest BCUT2D eigenvalue weighted by Crippen LogP contribution is -2.48. The van der Waals surface area contributed by atoms with Gasteiger partial charge >= 0.3 is 0 Å². The maximum absolute atomic E-state index is 14.3. The molecule has 1 heterocycles. The van der Waals surface area contributed by atoms with Crippen molar-refractivity contribution in [3.8, 4) is 5.75 Å². The molecule has 134 valence electrons. The Labute approximate surface area is 145 Å². The highest BCUT2D eigenvalue weighted by Crippen LogP contribution is 2.31. The van der Waals surface area contributed by atoms with Crippen molar-refractivity contribution in [3.05, 3.63) is 59.7 Å². The maximum atomic E-state index is 14.3. The van der Waals surface area contributed by atoms with E-state index in [0.717, 1.165) is 6.07 Å². The number of hydrogen-bond donors (Lipinski definition) is 1. The third-order valence-electron chi connectivity index (χ3n) is 4.15. The van der Waals surface area contributed by atoms with E-state index in [9.17, 15) is 17.2 Å². The zero-order chi connectivity index (χ0) is 18.0. The van der Waals surface area contributed by atoms with Crippen molar-refractivity contribution in [3.63, 3.8) is 0 Å². The van der Waals surface area contributed by atoms with Gasteiger partial charge in [0.2, 0.25) is 10.0 Å². The molecule has 1 aliphatic heterocycles. The van der Waals surface area contributed by atoms with E-state index in [-0.39, 0.29) is 12.3 Å². The van der Waals surface area contributed by atoms with Gasteiger partial charge in [0, 0.05) is 25.7 Å². The van der Waals surface area contributed by atoms with Gasteiger partial charge in [-0.2, -0.15) is 4.31 Å². The third-order valence-corrected chi connectivity index (χ3v) is 6.09. The lowest BCUT2D eigenvalue weighted by molar-refractivity contribution is 0.270. The molecule has 0 aromatic heterocycles. The van der Waals surface area contributed by atoms with Crippen LogP contribution in [0.1, 0.15) is 11.6 Å². The second kappa shape index (κ2) is 7.07. The largest absolute Gasteiger partial charge is 0.497 e. The molecule has 0 bridgehead atoms. The molecule has 1 N–H and O–H groups in total. The van der Waals surface area contributed by atoms with Gasteiger partial charge in [-0.15, -0.1) is 0 Å². The normalized spacial score (nSPS) is 18.9. The summed E-state index contributed by atoms with van der Waals surface area (Å²) in [6.45, 7) is 0.915. The number of ether oxygens (including phenoxy) is 1. The lowest BCUT2D eigenvalue weighted by Gasteiger charge is -2.35. The van der Waals surface area contributed by atoms with Gasteiger partial charge < -0.3 is 10.1 Å². The summed E-state index contributed by atoms with van der Waals surface area (Å²) in [5.41, 5.74) is 0.518. The molecule has 2 aromatic carbocycles. The molecule has 2 aromatic rings. The Morgan fingerprint density at radius 3 is 2.68 bits per heavy atom. The molecule has 3 rings (SSSR count). The highest BCUT2D eigenvalue weighted by atomic mass is 32.2. The summed E-state index contributed by atoms with van der Waals surface area (Å²) in [5, 5.41) is 3.10. The number of piperazine rings is 1. The topological polar surface area (TPSA) is 58.6 Å². The number of methoxy groups -OCH3 is 1. The Bertz CT molecular complexity index is 874. The Balaban J connectivity index is 2.02. The van der Waals surface area contributed by atoms with Crippen molar-refractivity contribution < 1.29 is 21.9 Å². The quantitative estimate of drug-likeness (QED) is 0.900. The number of halogens is 2. The summed E-state index contributed by atoms with van der Waals surface area (Å²) in [6.07, 6.45) is 0. The van der Waals surface area contributed by atoms with E-state index in [1.54, 1.807) is 6.07 Å². The van der Waals surface area contributed by atoms with E-state index < -0.39 is 32.6 Å². The molecule has 0 saturated carbocycles. The fraction of sp³-hybridized carbons (Fsp3) is 0.294. The zero-order valence-corrected chi connectivity index (χ0v) is 14.4. The molecular weight excluding hydrogens is 350 g/mol. The number of sulfonamides is 1. The van der Waals surface area contributed by atoms with Crippen LogP contribution in [0.5, 0.6) is 5.75 Å². The molecule has 1 aliphatic rings. The van der Waals surface area contributed by atoms with Crippen LogP contribution in [0.3, 0.4) is 0 Å². The van der Waals surface area contributed by atoms with E-state index in [1.807, 2.05) is 0 Å². The van der Waals surface area contributed by atoms with Crippen molar-refractivity contribution >= 4 is 10.0 Å². The molecule has 1 atom stereocenters. The highest BCUT2D eigenvalue weighted by Gasteiger charge is 2.36. The first kappa shape index (κ1) is 17.8. The summed E-state index contributed by atoms with van der Waals surface area (Å²) in [6, 6.07) is 8.78. The fourth-order valence-electron chi connectivity index (χ4n) is 2.92. The number of nitrogens with one attached hydrogen (secondary N) is 1. The smallest absolute Gasteiger partial charge is 0.246 e. The number of hydrogen-bond acceptors (Lipinski definition) is 4. The van der Waals surface area contributed by atoms with Crippen LogP contribution < -0.4 is 10.1 Å². The van der Waals surface area contributed by atoms with E-state index >= 15 is 0 Å². The minimum absolute atomic E-state index is 0.162. The molecule has 1 saturated heterocycles. The Morgan fingerprint density at radius 2 is 2.00 bits per heavy atom. The second-order valence-corrected chi connectivity index (χ2v) is 7.55. The maximum Gasteiger partial charge on any atom is 0.246 e. The average Bonchev–Trinajstić information content (AvgIpc) is 2.61. The molecule has 0 spiro atoms. The predicted octanol–water partition coefficient (Wildman–Crippen LogP) is 2.31. The first-order chi connectivity index (χ1) is 11.9. The average molecular weight is 368 g/mol. The van der Waals surface area contributed by atoms with E-state index in [4.69, 9.17) is 4.74 Å². The van der Waals surface area contributed by atoms with Gasteiger partial charge in [-0.05, 0) is 29.8 Å². The summed E-state index contributed by atoms with van der Waals surface area (Å²) >= 11 is 0. The molecule has 0 amide bonds. The summed E-state index contributed by atoms with van der Waals surface area (Å²) in [4.78, 5) is -0.420. The Kier molecular flexibility index (Phi) is 5.03. The van der Waals surface area contributed by atoms with Gasteiger partial charge in [-0.25, -0.2) is 17.2 Å². The van der Waals surface area contributed by atoms with Crippen molar-refractivity contribution in [1.82, 2.24) is 9.62 Å². The van der Waals surface area contributed by atoms with Crippen molar-refractivity contribution in [2.75, 3.05) is 26.7 Å². The van der Waals surface area contributed by atoms with Crippen molar-refractivity contribution in [2.45, 2.75) is 10.9 Å². The molecule has 1 fully saturated rings. The Hall–Kier alpha value is -2.03. The van der Waals surface area contributed by atoms with E-state index in [1.165, 1.54) is 41.7 Å². The van der Waals surface area contributed by atoms with Gasteiger partial charge in [0.25, 0.3) is 0 Å². The van der Waals surface area contributed by atoms with Gasteiger partial charge in [-0.1, -0.05) is 12.1 Å². The summed E-state index contributed by atoms with van der Waals surface area (Å²) in [5.74, 6) is -1.09. The molecule has 0 radical (unpaired) electrons. The standard InChI is InChI=1S/C17H18F2N2O3S/c1-24-14-5-6-17(15(19)10-14)25(22,23)21-8-7-20-11-16(21)12-3-2-4-13(18)9-12/h2-6,9-10,16,20H,7-8,11H2,1H3. The number of benzene rings is 2. The minimum atomic E-state index is -4.09. The highest BCUT2D eigenvalue weighted by molar-refractivity contribution is 7.89. The Morgan fingerprint density at radius 1 is 1.20 bits per heavy atom. The fourth-order valence-corrected chi connectivity index (χ4v) is 4.58. The monoisotopic (exact) mass is 368 g/mol. The predicted molar refractivity (Wildman–Crippen MR) is 88.9 cm³/mol. The first-order valence-corrected chi connectivity index (χ1v) is 9.19. The van der Waals surface area contributed by atoms with E-state index in [2.05, 4.69) is 5.32 Å². The molecule has 8 heteroatoms. The SMILES string of the molecule is COc1ccc(S(=O)(=O)N2CCNCC2c2cccc(F)c2)c(F)c1. The van der Waals surface area contributed by atoms with Crippen LogP contribution in [0, 0.1) is 11.6 Å². The molecular formula is C17H18F2N2O3S. The van der Waals surface area contributed by atoms with Crippen LogP contribution in [0.4, 0.5) is 8.78 Å². The van der Waals surface area contributed by atoms with Crippen LogP contribution in [0.15, 0.2) is 47.4 Å². The minimum Gasteiger partial charge on any atom is -0.497 e. The van der Waals surface area contributed by atoms with Crippen LogP contribution in [-0.2, 0) is 10.0 Å². The first-order valence-electron chi connectivity index (χ1n) is 7.75. The number of nitrogens with zero attached hydrogens (tertiary/aromatic N) is 1. The second-order valence-electron chi connectivity index (χ2n) is 5.69. The van der Waals surface area contributed by atoms with Crippen LogP contribution in [-0.4, -0.2) is 39.5 Å². The molecule has 0 aliphatic carbocycles. The lowest BCUT2D eigenvalue weighted by atomic mass is 10.1. The van der Waals surface area contributed by atoms with Gasteiger partial charge in [0.05, 0.1) is 13.2 Å². The molecule has 1 unspecified atom stereocenters. The summed E-state index contributed by atoms with van der Waals surface area (Å²) in [7, 11) is -2.71. The van der Waals surface area contributed by atoms with Crippen LogP contribution in [0.25, 0.3) is 0 Å². The van der Waals surface area contributed by atoms with Crippen LogP contribution in [0.2, 0.25) is 0 Å². The van der Waals surface area contributed by atoms with Crippen molar-refractivity contribution in [1.29, 1.82) is 0 Å². The van der Waals surface area contributed by atoms with Gasteiger partial charge in [-0.3, -0.25) is 0 Å². The van der Waals surface area contributed by atoms with Gasteiger partial charge in [0.15, 0.2) is 0 Å².